The summed E-state index contributed by atoms with van der Waals surface area (Å²) in [5.41, 5.74) is 2.36. The van der Waals surface area contributed by atoms with Gasteiger partial charge < -0.3 is 5.32 Å². The van der Waals surface area contributed by atoms with E-state index in [1.807, 2.05) is 0 Å². The molecule has 1 N–H and O–H groups in total. The normalized spacial score (nSPS) is 19.1. The Kier molecular flexibility index (Phi) is 2.54. The Morgan fingerprint density at radius 2 is 1.74 bits per heavy atom. The van der Waals surface area contributed by atoms with Crippen LogP contribution in [0, 0.1) is 5.92 Å². The maximum Gasteiger partial charge on any atom is 0.110 e. The maximum absolute atomic E-state index is 4.89. The molecule has 96 valence electrons. The number of nitrogens with one attached hydrogen (secondary N) is 1. The van der Waals surface area contributed by atoms with Gasteiger partial charge in [0.2, 0.25) is 0 Å². The third kappa shape index (κ3) is 1.83. The molecular formula is C17H18N2. The molecule has 0 bridgehead atoms. The first-order chi connectivity index (χ1) is 9.42. The average Bonchev–Trinajstić information content (AvgIpc) is 2.49. The highest BCUT2D eigenvalue weighted by Gasteiger charge is 2.23. The number of hydrogen-bond donors (Lipinski definition) is 1. The summed E-state index contributed by atoms with van der Waals surface area (Å²) in [5.74, 6) is 1.81. The van der Waals surface area contributed by atoms with E-state index < -0.39 is 0 Å². The molecule has 0 amide bonds. The monoisotopic (exact) mass is 250 g/mol. The molecule has 0 spiro atoms. The molecular weight excluding hydrogens is 232 g/mol. The van der Waals surface area contributed by atoms with Crippen LogP contribution in [0.1, 0.15) is 32.1 Å². The number of amidine groups is 1. The summed E-state index contributed by atoms with van der Waals surface area (Å²) in [6.07, 6.45) is 6.64. The second kappa shape index (κ2) is 4.37. The van der Waals surface area contributed by atoms with Crippen LogP contribution >= 0.6 is 0 Å². The fourth-order valence-corrected chi connectivity index (χ4v) is 3.38. The van der Waals surface area contributed by atoms with Gasteiger partial charge >= 0.3 is 0 Å². The molecule has 2 aromatic carbocycles. The van der Waals surface area contributed by atoms with Gasteiger partial charge in [0.15, 0.2) is 0 Å². The van der Waals surface area contributed by atoms with Gasteiger partial charge in [-0.1, -0.05) is 43.5 Å². The SMILES string of the molecule is c1cc2c3c(cccc3c1)NC(C1CCCCC1)=N2. The molecule has 2 heteroatoms. The van der Waals surface area contributed by atoms with E-state index in [4.69, 9.17) is 4.99 Å². The van der Waals surface area contributed by atoms with E-state index in [1.165, 1.54) is 54.4 Å². The first kappa shape index (κ1) is 11.0. The molecule has 1 aliphatic carbocycles. The summed E-state index contributed by atoms with van der Waals surface area (Å²) in [7, 11) is 0. The minimum atomic E-state index is 0.623. The number of hydrogen-bond acceptors (Lipinski definition) is 2. The molecule has 2 nitrogen and oxygen atoms in total. The van der Waals surface area contributed by atoms with Crippen LogP contribution in [-0.4, -0.2) is 5.84 Å². The van der Waals surface area contributed by atoms with Crippen LogP contribution in [0.5, 0.6) is 0 Å². The molecule has 0 saturated heterocycles. The van der Waals surface area contributed by atoms with Crippen molar-refractivity contribution in [1.82, 2.24) is 0 Å². The highest BCUT2D eigenvalue weighted by atomic mass is 15.0. The first-order valence-electron chi connectivity index (χ1n) is 7.29. The molecule has 1 heterocycles. The Morgan fingerprint density at radius 1 is 0.947 bits per heavy atom. The van der Waals surface area contributed by atoms with E-state index in [9.17, 15) is 0 Å². The van der Waals surface area contributed by atoms with Gasteiger partial charge in [-0.2, -0.15) is 0 Å². The number of anilines is 1. The number of nitrogens with zero attached hydrogens (tertiary/aromatic N) is 1. The van der Waals surface area contributed by atoms with E-state index >= 15 is 0 Å². The van der Waals surface area contributed by atoms with Gasteiger partial charge in [-0.05, 0) is 30.4 Å². The van der Waals surface area contributed by atoms with Crippen molar-refractivity contribution in [3.05, 3.63) is 36.4 Å². The summed E-state index contributed by atoms with van der Waals surface area (Å²) in [6.45, 7) is 0. The second-order valence-corrected chi connectivity index (χ2v) is 5.64. The minimum Gasteiger partial charge on any atom is -0.343 e. The van der Waals surface area contributed by atoms with Crippen molar-refractivity contribution >= 4 is 28.0 Å². The summed E-state index contributed by atoms with van der Waals surface area (Å²) in [4.78, 5) is 4.89. The zero-order valence-corrected chi connectivity index (χ0v) is 11.0. The third-order valence-corrected chi connectivity index (χ3v) is 4.38. The largest absolute Gasteiger partial charge is 0.343 e. The van der Waals surface area contributed by atoms with Crippen molar-refractivity contribution < 1.29 is 0 Å². The molecule has 1 aliphatic heterocycles. The average molecular weight is 250 g/mol. The molecule has 2 aromatic rings. The lowest BCUT2D eigenvalue weighted by Crippen LogP contribution is -2.26. The quantitative estimate of drug-likeness (QED) is 0.766. The van der Waals surface area contributed by atoms with Crippen LogP contribution in [0.2, 0.25) is 0 Å². The van der Waals surface area contributed by atoms with Crippen molar-refractivity contribution in [2.45, 2.75) is 32.1 Å². The summed E-state index contributed by atoms with van der Waals surface area (Å²) in [5, 5.41) is 6.12. The van der Waals surface area contributed by atoms with Crippen LogP contribution in [0.3, 0.4) is 0 Å². The Labute approximate surface area is 113 Å². The topological polar surface area (TPSA) is 24.4 Å². The zero-order chi connectivity index (χ0) is 12.7. The van der Waals surface area contributed by atoms with E-state index in [1.54, 1.807) is 0 Å². The molecule has 2 aliphatic rings. The molecule has 1 saturated carbocycles. The lowest BCUT2D eigenvalue weighted by Gasteiger charge is -2.27. The molecule has 19 heavy (non-hydrogen) atoms. The summed E-state index contributed by atoms with van der Waals surface area (Å²) >= 11 is 0. The van der Waals surface area contributed by atoms with Gasteiger partial charge in [-0.3, -0.25) is 0 Å². The Balaban J connectivity index is 1.81. The summed E-state index contributed by atoms with van der Waals surface area (Å²) < 4.78 is 0. The standard InChI is InChI=1S/C17H18N2/c1-2-6-13(7-3-1)17-18-14-10-4-8-12-9-5-11-15(19-17)16(12)14/h4-5,8-11,13H,1-3,6-7H2,(H,18,19). The molecule has 0 radical (unpaired) electrons. The lowest BCUT2D eigenvalue weighted by molar-refractivity contribution is 0.439. The van der Waals surface area contributed by atoms with Crippen LogP contribution in [0.4, 0.5) is 11.4 Å². The highest BCUT2D eigenvalue weighted by Crippen LogP contribution is 2.38. The zero-order valence-electron chi connectivity index (χ0n) is 11.0. The first-order valence-corrected chi connectivity index (χ1v) is 7.29. The van der Waals surface area contributed by atoms with Gasteiger partial charge in [0.1, 0.15) is 5.84 Å². The molecule has 0 unspecified atom stereocenters. The number of aliphatic imine (C=N–C) groups is 1. The second-order valence-electron chi connectivity index (χ2n) is 5.64. The third-order valence-electron chi connectivity index (χ3n) is 4.38. The van der Waals surface area contributed by atoms with E-state index in [2.05, 4.69) is 41.7 Å². The molecule has 1 fully saturated rings. The summed E-state index contributed by atoms with van der Waals surface area (Å²) in [6, 6.07) is 12.8. The van der Waals surface area contributed by atoms with Gasteiger partial charge in [0, 0.05) is 17.0 Å². The predicted molar refractivity (Wildman–Crippen MR) is 81.2 cm³/mol. The smallest absolute Gasteiger partial charge is 0.110 e. The molecule has 0 aromatic heterocycles. The van der Waals surface area contributed by atoms with E-state index in [0.29, 0.717) is 5.92 Å². The van der Waals surface area contributed by atoms with Crippen LogP contribution in [-0.2, 0) is 0 Å². The molecule has 4 rings (SSSR count). The minimum absolute atomic E-state index is 0.623. The fraction of sp³-hybridized carbons (Fsp3) is 0.353. The van der Waals surface area contributed by atoms with Crippen LogP contribution in [0.15, 0.2) is 41.4 Å². The van der Waals surface area contributed by atoms with Gasteiger partial charge in [0.25, 0.3) is 0 Å². The maximum atomic E-state index is 4.89. The Morgan fingerprint density at radius 3 is 2.58 bits per heavy atom. The fourth-order valence-electron chi connectivity index (χ4n) is 3.38. The van der Waals surface area contributed by atoms with E-state index in [-0.39, 0.29) is 0 Å². The lowest BCUT2D eigenvalue weighted by atomic mass is 9.87. The molecule has 0 atom stereocenters. The van der Waals surface area contributed by atoms with Crippen molar-refractivity contribution in [3.8, 4) is 0 Å². The van der Waals surface area contributed by atoms with Crippen LogP contribution in [0.25, 0.3) is 10.8 Å². The van der Waals surface area contributed by atoms with Crippen molar-refractivity contribution in [1.29, 1.82) is 0 Å². The van der Waals surface area contributed by atoms with E-state index in [0.717, 1.165) is 5.69 Å². The predicted octanol–water partition coefficient (Wildman–Crippen LogP) is 4.88. The van der Waals surface area contributed by atoms with Gasteiger partial charge in [0.05, 0.1) is 5.69 Å². The highest BCUT2D eigenvalue weighted by molar-refractivity contribution is 6.14. The number of benzene rings is 2. The van der Waals surface area contributed by atoms with Crippen molar-refractivity contribution in [3.63, 3.8) is 0 Å². The number of rotatable bonds is 1. The van der Waals surface area contributed by atoms with Gasteiger partial charge in [-0.25, -0.2) is 4.99 Å². The van der Waals surface area contributed by atoms with Gasteiger partial charge in [-0.15, -0.1) is 0 Å². The van der Waals surface area contributed by atoms with Crippen molar-refractivity contribution in [2.75, 3.05) is 5.32 Å². The Hall–Kier alpha value is -1.83. The Bertz CT molecular complexity index is 646. The van der Waals surface area contributed by atoms with Crippen molar-refractivity contribution in [2.24, 2.45) is 10.9 Å². The van der Waals surface area contributed by atoms with Crippen LogP contribution < -0.4 is 5.32 Å².